The third kappa shape index (κ3) is 3.44. The molecule has 106 valence electrons. The van der Waals surface area contributed by atoms with Crippen LogP contribution in [0.25, 0.3) is 11.5 Å². The number of thioether (sulfide) groups is 1. The third-order valence-electron chi connectivity index (χ3n) is 2.95. The van der Waals surface area contributed by atoms with Gasteiger partial charge in [0.1, 0.15) is 5.75 Å². The molecular weight excluding hydrogens is 284 g/mol. The van der Waals surface area contributed by atoms with Crippen LogP contribution in [0.5, 0.6) is 5.75 Å². The van der Waals surface area contributed by atoms with E-state index in [0.29, 0.717) is 17.5 Å². The molecule has 0 aliphatic carbocycles. The molecule has 2 aromatic carbocycles. The minimum atomic E-state index is 0.258. The highest BCUT2D eigenvalue weighted by Crippen LogP contribution is 2.25. The zero-order valence-corrected chi connectivity index (χ0v) is 12.3. The van der Waals surface area contributed by atoms with Crippen molar-refractivity contribution in [3.05, 3.63) is 59.9 Å². The zero-order chi connectivity index (χ0) is 14.7. The first-order valence-corrected chi connectivity index (χ1v) is 7.51. The normalized spacial score (nSPS) is 10.7. The molecule has 1 N–H and O–H groups in total. The second-order valence-corrected chi connectivity index (χ2v) is 5.72. The lowest BCUT2D eigenvalue weighted by molar-refractivity contribution is 0.425. The van der Waals surface area contributed by atoms with Crippen molar-refractivity contribution in [1.82, 2.24) is 10.1 Å². The van der Waals surface area contributed by atoms with Crippen molar-refractivity contribution in [1.29, 1.82) is 0 Å². The largest absolute Gasteiger partial charge is 0.508 e. The molecule has 1 heterocycles. The van der Waals surface area contributed by atoms with E-state index in [-0.39, 0.29) is 5.75 Å². The van der Waals surface area contributed by atoms with Gasteiger partial charge in [0.15, 0.2) is 5.82 Å². The molecule has 4 nitrogen and oxygen atoms in total. The van der Waals surface area contributed by atoms with E-state index in [1.54, 1.807) is 23.9 Å². The van der Waals surface area contributed by atoms with Crippen LogP contribution < -0.4 is 0 Å². The zero-order valence-electron chi connectivity index (χ0n) is 11.5. The SMILES string of the molecule is Cc1ccc(-c2nc(CSc3cccc(O)c3)no2)cc1. The Morgan fingerprint density at radius 2 is 1.95 bits per heavy atom. The molecule has 0 saturated heterocycles. The van der Waals surface area contributed by atoms with Gasteiger partial charge in [-0.2, -0.15) is 4.98 Å². The van der Waals surface area contributed by atoms with Gasteiger partial charge in [-0.05, 0) is 37.3 Å². The fourth-order valence-corrected chi connectivity index (χ4v) is 2.64. The molecule has 21 heavy (non-hydrogen) atoms. The van der Waals surface area contributed by atoms with E-state index in [1.807, 2.05) is 43.3 Å². The first-order chi connectivity index (χ1) is 10.2. The average molecular weight is 298 g/mol. The summed E-state index contributed by atoms with van der Waals surface area (Å²) in [5.74, 6) is 2.02. The Balaban J connectivity index is 1.69. The molecule has 5 heteroatoms. The van der Waals surface area contributed by atoms with Gasteiger partial charge < -0.3 is 9.63 Å². The van der Waals surface area contributed by atoms with Crippen LogP contribution in [0.1, 0.15) is 11.4 Å². The van der Waals surface area contributed by atoms with Gasteiger partial charge in [0.05, 0.1) is 5.75 Å². The number of nitrogens with zero attached hydrogens (tertiary/aromatic N) is 2. The molecule has 0 radical (unpaired) electrons. The van der Waals surface area contributed by atoms with E-state index in [0.717, 1.165) is 10.5 Å². The van der Waals surface area contributed by atoms with Gasteiger partial charge in [-0.15, -0.1) is 11.8 Å². The molecule has 0 aliphatic rings. The van der Waals surface area contributed by atoms with Crippen LogP contribution in [0, 0.1) is 6.92 Å². The van der Waals surface area contributed by atoms with Crippen molar-refractivity contribution < 1.29 is 9.63 Å². The van der Waals surface area contributed by atoms with E-state index in [1.165, 1.54) is 5.56 Å². The molecule has 0 atom stereocenters. The number of aromatic nitrogens is 2. The van der Waals surface area contributed by atoms with E-state index < -0.39 is 0 Å². The summed E-state index contributed by atoms with van der Waals surface area (Å²) in [5.41, 5.74) is 2.11. The molecule has 3 rings (SSSR count). The number of aromatic hydroxyl groups is 1. The molecule has 1 aromatic heterocycles. The van der Waals surface area contributed by atoms with Crippen LogP contribution in [-0.2, 0) is 5.75 Å². The summed E-state index contributed by atoms with van der Waals surface area (Å²) >= 11 is 1.55. The van der Waals surface area contributed by atoms with Crippen molar-refractivity contribution in [3.8, 4) is 17.2 Å². The number of phenolic OH excluding ortho intramolecular Hbond substituents is 1. The summed E-state index contributed by atoms with van der Waals surface area (Å²) in [4.78, 5) is 5.36. The maximum absolute atomic E-state index is 9.42. The molecule has 3 aromatic rings. The molecule has 0 bridgehead atoms. The fourth-order valence-electron chi connectivity index (χ4n) is 1.85. The third-order valence-corrected chi connectivity index (χ3v) is 3.94. The average Bonchev–Trinajstić information content (AvgIpc) is 2.95. The monoisotopic (exact) mass is 298 g/mol. The van der Waals surface area contributed by atoms with E-state index in [9.17, 15) is 5.11 Å². The molecular formula is C16H14N2O2S. The number of hydrogen-bond donors (Lipinski definition) is 1. The van der Waals surface area contributed by atoms with Crippen LogP contribution in [0.15, 0.2) is 57.9 Å². The summed E-state index contributed by atoms with van der Waals surface area (Å²) in [5, 5.41) is 13.4. The van der Waals surface area contributed by atoms with Crippen LogP contribution in [-0.4, -0.2) is 15.2 Å². The highest BCUT2D eigenvalue weighted by molar-refractivity contribution is 7.98. The van der Waals surface area contributed by atoms with Gasteiger partial charge in [0.2, 0.25) is 0 Å². The Morgan fingerprint density at radius 3 is 2.71 bits per heavy atom. The Bertz CT molecular complexity index is 738. The second-order valence-electron chi connectivity index (χ2n) is 4.67. The fraction of sp³-hybridized carbons (Fsp3) is 0.125. The molecule has 0 spiro atoms. The van der Waals surface area contributed by atoms with E-state index >= 15 is 0 Å². The molecule has 0 unspecified atom stereocenters. The maximum atomic E-state index is 9.42. The quantitative estimate of drug-likeness (QED) is 0.736. The second kappa shape index (κ2) is 6.01. The minimum absolute atomic E-state index is 0.258. The van der Waals surface area contributed by atoms with Crippen molar-refractivity contribution >= 4 is 11.8 Å². The highest BCUT2D eigenvalue weighted by atomic mass is 32.2. The van der Waals surface area contributed by atoms with Crippen molar-refractivity contribution in [2.45, 2.75) is 17.6 Å². The highest BCUT2D eigenvalue weighted by Gasteiger charge is 2.09. The predicted octanol–water partition coefficient (Wildman–Crippen LogP) is 4.04. The van der Waals surface area contributed by atoms with Crippen molar-refractivity contribution in [2.75, 3.05) is 0 Å². The number of hydrogen-bond acceptors (Lipinski definition) is 5. The maximum Gasteiger partial charge on any atom is 0.257 e. The summed E-state index contributed by atoms with van der Waals surface area (Å²) < 4.78 is 5.28. The van der Waals surface area contributed by atoms with E-state index in [4.69, 9.17) is 4.52 Å². The predicted molar refractivity (Wildman–Crippen MR) is 82.1 cm³/mol. The summed E-state index contributed by atoms with van der Waals surface area (Å²) in [6, 6.07) is 15.1. The van der Waals surface area contributed by atoms with Crippen molar-refractivity contribution in [3.63, 3.8) is 0 Å². The van der Waals surface area contributed by atoms with Crippen molar-refractivity contribution in [2.24, 2.45) is 0 Å². The van der Waals surface area contributed by atoms with Crippen LogP contribution in [0.3, 0.4) is 0 Å². The smallest absolute Gasteiger partial charge is 0.257 e. The van der Waals surface area contributed by atoms with Crippen LogP contribution in [0.4, 0.5) is 0 Å². The lowest BCUT2D eigenvalue weighted by Gasteiger charge is -1.98. The Labute approximate surface area is 126 Å². The lowest BCUT2D eigenvalue weighted by atomic mass is 10.1. The van der Waals surface area contributed by atoms with Gasteiger partial charge in [-0.1, -0.05) is 28.9 Å². The molecule has 0 fully saturated rings. The van der Waals surface area contributed by atoms with Gasteiger partial charge in [-0.3, -0.25) is 0 Å². The lowest BCUT2D eigenvalue weighted by Crippen LogP contribution is -1.84. The summed E-state index contributed by atoms with van der Waals surface area (Å²) in [7, 11) is 0. The number of benzene rings is 2. The summed E-state index contributed by atoms with van der Waals surface area (Å²) in [6.07, 6.45) is 0. The minimum Gasteiger partial charge on any atom is -0.508 e. The number of phenols is 1. The first kappa shape index (κ1) is 13.7. The van der Waals surface area contributed by atoms with Gasteiger partial charge in [0.25, 0.3) is 5.89 Å². The molecule has 0 amide bonds. The van der Waals surface area contributed by atoms with Crippen LogP contribution >= 0.6 is 11.8 Å². The summed E-state index contributed by atoms with van der Waals surface area (Å²) in [6.45, 7) is 2.04. The van der Waals surface area contributed by atoms with Gasteiger partial charge >= 0.3 is 0 Å². The molecule has 0 saturated carbocycles. The Kier molecular flexibility index (Phi) is 3.92. The Hall–Kier alpha value is -2.27. The number of rotatable bonds is 4. The standard InChI is InChI=1S/C16H14N2O2S/c1-11-5-7-12(8-6-11)16-17-15(18-20-16)10-21-14-4-2-3-13(19)9-14/h2-9,19H,10H2,1H3. The Morgan fingerprint density at radius 1 is 1.14 bits per heavy atom. The van der Waals surface area contributed by atoms with Gasteiger partial charge in [-0.25, -0.2) is 0 Å². The molecule has 0 aliphatic heterocycles. The topological polar surface area (TPSA) is 59.2 Å². The van der Waals surface area contributed by atoms with E-state index in [2.05, 4.69) is 10.1 Å². The van der Waals surface area contributed by atoms with Crippen LogP contribution in [0.2, 0.25) is 0 Å². The first-order valence-electron chi connectivity index (χ1n) is 6.52. The number of aryl methyl sites for hydroxylation is 1. The van der Waals surface area contributed by atoms with Gasteiger partial charge in [0, 0.05) is 10.5 Å².